The van der Waals surface area contributed by atoms with Crippen LogP contribution in [0.15, 0.2) is 0 Å². The lowest BCUT2D eigenvalue weighted by Crippen LogP contribution is -2.43. The summed E-state index contributed by atoms with van der Waals surface area (Å²) < 4.78 is 0. The molecule has 15 heavy (non-hydrogen) atoms. The van der Waals surface area contributed by atoms with Crippen molar-refractivity contribution in [3.63, 3.8) is 0 Å². The molecule has 0 aromatic heterocycles. The molecule has 3 unspecified atom stereocenters. The number of carbonyl (C=O) groups is 1. The molecule has 2 fully saturated rings. The Bertz CT molecular complexity index is 247. The van der Waals surface area contributed by atoms with Gasteiger partial charge in [0.05, 0.1) is 12.7 Å². The minimum atomic E-state index is 0.295. The quantitative estimate of drug-likeness (QED) is 0.793. The van der Waals surface area contributed by atoms with Crippen LogP contribution in [0, 0.1) is 0 Å². The Morgan fingerprint density at radius 1 is 1.53 bits per heavy atom. The van der Waals surface area contributed by atoms with E-state index in [0.29, 0.717) is 24.7 Å². The Morgan fingerprint density at radius 3 is 2.93 bits per heavy atom. The first-order valence-corrected chi connectivity index (χ1v) is 7.12. The highest BCUT2D eigenvalue weighted by Crippen LogP contribution is 2.33. The van der Waals surface area contributed by atoms with E-state index >= 15 is 0 Å². The lowest BCUT2D eigenvalue weighted by molar-refractivity contribution is -0.130. The molecule has 0 spiro atoms. The van der Waals surface area contributed by atoms with Gasteiger partial charge in [0.1, 0.15) is 0 Å². The second-order valence-corrected chi connectivity index (χ2v) is 5.57. The Balaban J connectivity index is 2.00. The molecular formula is C11H20N2OS. The molecule has 4 heteroatoms. The molecule has 0 radical (unpaired) electrons. The summed E-state index contributed by atoms with van der Waals surface area (Å²) in [6.07, 6.45) is 7.13. The maximum atomic E-state index is 11.8. The summed E-state index contributed by atoms with van der Waals surface area (Å²) in [7, 11) is 0. The molecular weight excluding hydrogens is 208 g/mol. The average Bonchev–Trinajstić information content (AvgIpc) is 2.83. The van der Waals surface area contributed by atoms with Crippen LogP contribution in [0.25, 0.3) is 0 Å². The number of nitrogens with zero attached hydrogens (tertiary/aromatic N) is 1. The molecule has 2 rings (SSSR count). The van der Waals surface area contributed by atoms with Crippen LogP contribution in [0.3, 0.4) is 0 Å². The molecule has 0 bridgehead atoms. The molecule has 0 aromatic rings. The van der Waals surface area contributed by atoms with Gasteiger partial charge in [0.2, 0.25) is 5.91 Å². The predicted molar refractivity (Wildman–Crippen MR) is 63.9 cm³/mol. The molecule has 1 saturated carbocycles. The van der Waals surface area contributed by atoms with Gasteiger partial charge in [0.25, 0.3) is 0 Å². The van der Waals surface area contributed by atoms with E-state index in [1.54, 1.807) is 0 Å². The number of amides is 1. The lowest BCUT2D eigenvalue weighted by Gasteiger charge is -2.29. The monoisotopic (exact) mass is 228 g/mol. The second-order valence-electron chi connectivity index (χ2n) is 4.43. The van der Waals surface area contributed by atoms with Crippen LogP contribution in [-0.4, -0.2) is 41.1 Å². The molecule has 0 aromatic carbocycles. The third-order valence-electron chi connectivity index (χ3n) is 3.58. The van der Waals surface area contributed by atoms with Gasteiger partial charge in [-0.2, -0.15) is 11.8 Å². The van der Waals surface area contributed by atoms with Crippen molar-refractivity contribution in [3.05, 3.63) is 0 Å². The van der Waals surface area contributed by atoms with E-state index in [-0.39, 0.29) is 0 Å². The van der Waals surface area contributed by atoms with Crippen molar-refractivity contribution in [3.8, 4) is 0 Å². The third-order valence-corrected chi connectivity index (χ3v) is 4.68. The van der Waals surface area contributed by atoms with Crippen molar-refractivity contribution < 1.29 is 4.79 Å². The van der Waals surface area contributed by atoms with Crippen LogP contribution in [-0.2, 0) is 4.79 Å². The Labute approximate surface area is 96.0 Å². The van der Waals surface area contributed by atoms with Crippen LogP contribution >= 0.6 is 11.8 Å². The van der Waals surface area contributed by atoms with Gasteiger partial charge < -0.3 is 4.90 Å². The summed E-state index contributed by atoms with van der Waals surface area (Å²) in [4.78, 5) is 13.9. The smallest absolute Gasteiger partial charge is 0.238 e. The molecule has 3 nitrogen and oxygen atoms in total. The predicted octanol–water partition coefficient (Wildman–Crippen LogP) is 1.44. The van der Waals surface area contributed by atoms with E-state index in [1.165, 1.54) is 19.3 Å². The van der Waals surface area contributed by atoms with E-state index < -0.39 is 0 Å². The molecule has 1 aliphatic carbocycles. The maximum absolute atomic E-state index is 11.8. The minimum absolute atomic E-state index is 0.295. The summed E-state index contributed by atoms with van der Waals surface area (Å²) in [5.74, 6) is 0.300. The lowest BCUT2D eigenvalue weighted by atomic mass is 10.2. The molecule has 1 N–H and O–H groups in total. The van der Waals surface area contributed by atoms with Gasteiger partial charge in [-0.05, 0) is 31.9 Å². The van der Waals surface area contributed by atoms with Gasteiger partial charge in [-0.15, -0.1) is 0 Å². The number of thioether (sulfide) groups is 1. The molecule has 1 heterocycles. The van der Waals surface area contributed by atoms with Gasteiger partial charge in [-0.1, -0.05) is 6.92 Å². The van der Waals surface area contributed by atoms with Gasteiger partial charge in [0, 0.05) is 11.3 Å². The van der Waals surface area contributed by atoms with Gasteiger partial charge in [0.15, 0.2) is 0 Å². The van der Waals surface area contributed by atoms with Crippen molar-refractivity contribution in [2.45, 2.75) is 50.1 Å². The fourth-order valence-corrected chi connectivity index (χ4v) is 3.54. The van der Waals surface area contributed by atoms with Gasteiger partial charge in [-0.3, -0.25) is 10.1 Å². The summed E-state index contributed by atoms with van der Waals surface area (Å²) in [5, 5.41) is 4.05. The van der Waals surface area contributed by atoms with Crippen LogP contribution in [0.4, 0.5) is 0 Å². The molecule has 1 amide bonds. The molecule has 3 atom stereocenters. The fraction of sp³-hybridized carbons (Fsp3) is 0.909. The first-order chi connectivity index (χ1) is 7.26. The highest BCUT2D eigenvalue weighted by Gasteiger charge is 2.38. The fourth-order valence-electron chi connectivity index (χ4n) is 2.75. The number of carbonyl (C=O) groups excluding carboxylic acids is 1. The van der Waals surface area contributed by atoms with Crippen molar-refractivity contribution in [2.75, 3.05) is 12.8 Å². The first-order valence-electron chi connectivity index (χ1n) is 5.83. The zero-order valence-corrected chi connectivity index (χ0v) is 10.3. The summed E-state index contributed by atoms with van der Waals surface area (Å²) in [6, 6.07) is 0.495. The van der Waals surface area contributed by atoms with Gasteiger partial charge >= 0.3 is 0 Å². The zero-order chi connectivity index (χ0) is 10.8. The Hall–Kier alpha value is -0.220. The maximum Gasteiger partial charge on any atom is 0.238 e. The normalized spacial score (nSPS) is 36.5. The van der Waals surface area contributed by atoms with Crippen LogP contribution in [0.2, 0.25) is 0 Å². The summed E-state index contributed by atoms with van der Waals surface area (Å²) >= 11 is 1.95. The topological polar surface area (TPSA) is 32.3 Å². The van der Waals surface area contributed by atoms with Crippen molar-refractivity contribution >= 4 is 17.7 Å². The number of rotatable bonds is 3. The Kier molecular flexibility index (Phi) is 3.57. The van der Waals surface area contributed by atoms with Crippen molar-refractivity contribution in [1.29, 1.82) is 0 Å². The van der Waals surface area contributed by atoms with E-state index in [1.807, 2.05) is 11.8 Å². The molecule has 1 saturated heterocycles. The first kappa shape index (κ1) is 11.3. The number of hydrogen-bond acceptors (Lipinski definition) is 3. The van der Waals surface area contributed by atoms with Crippen molar-refractivity contribution in [1.82, 2.24) is 10.2 Å². The highest BCUT2D eigenvalue weighted by molar-refractivity contribution is 7.99. The van der Waals surface area contributed by atoms with Crippen LogP contribution in [0.1, 0.15) is 32.6 Å². The van der Waals surface area contributed by atoms with Crippen molar-refractivity contribution in [2.24, 2.45) is 0 Å². The average molecular weight is 228 g/mol. The number of hydrogen-bond donors (Lipinski definition) is 1. The minimum Gasteiger partial charge on any atom is -0.323 e. The summed E-state index contributed by atoms with van der Waals surface area (Å²) in [6.45, 7) is 2.68. The van der Waals surface area contributed by atoms with E-state index in [4.69, 9.17) is 0 Å². The van der Waals surface area contributed by atoms with E-state index in [0.717, 1.165) is 11.7 Å². The molecule has 86 valence electrons. The summed E-state index contributed by atoms with van der Waals surface area (Å²) in [5.41, 5.74) is 0. The van der Waals surface area contributed by atoms with Crippen LogP contribution < -0.4 is 5.32 Å². The number of nitrogens with one attached hydrogen (secondary N) is 1. The van der Waals surface area contributed by atoms with E-state index in [2.05, 4.69) is 23.4 Å². The Morgan fingerprint density at radius 2 is 2.33 bits per heavy atom. The SMILES string of the molecule is CCC1NCC(=O)N1C1CCC(SC)C1. The van der Waals surface area contributed by atoms with Gasteiger partial charge in [-0.25, -0.2) is 0 Å². The largest absolute Gasteiger partial charge is 0.323 e. The molecule has 1 aliphatic heterocycles. The van der Waals surface area contributed by atoms with Crippen LogP contribution in [0.5, 0.6) is 0 Å². The second kappa shape index (κ2) is 4.74. The van der Waals surface area contributed by atoms with E-state index in [9.17, 15) is 4.79 Å². The third kappa shape index (κ3) is 2.16. The zero-order valence-electron chi connectivity index (χ0n) is 9.53. The molecule has 2 aliphatic rings. The highest BCUT2D eigenvalue weighted by atomic mass is 32.2. The standard InChI is InChI=1S/C11H20N2OS/c1-3-10-12-7-11(14)13(10)8-4-5-9(6-8)15-2/h8-10,12H,3-7H2,1-2H3.